The van der Waals surface area contributed by atoms with Crippen LogP contribution in [-0.2, 0) is 11.3 Å². The maximum atomic E-state index is 12.2. The molecular weight excluding hydrogens is 335 g/mol. The SMILES string of the molecule is COc1ccc(Cl)cc1NC(=O)CN(C)Cc1ccccc1Cl. The molecule has 0 aliphatic heterocycles. The summed E-state index contributed by atoms with van der Waals surface area (Å²) in [5, 5.41) is 4.03. The highest BCUT2D eigenvalue weighted by Crippen LogP contribution is 2.27. The number of benzene rings is 2. The Bertz CT molecular complexity index is 692. The first kappa shape index (κ1) is 17.6. The second-order valence-electron chi connectivity index (χ2n) is 5.16. The lowest BCUT2D eigenvalue weighted by molar-refractivity contribution is -0.117. The molecule has 2 rings (SSSR count). The van der Waals surface area contributed by atoms with Crippen LogP contribution in [0.3, 0.4) is 0 Å². The second kappa shape index (κ2) is 8.20. The second-order valence-corrected chi connectivity index (χ2v) is 6.00. The van der Waals surface area contributed by atoms with Gasteiger partial charge in [-0.25, -0.2) is 0 Å². The molecule has 0 bridgehead atoms. The third kappa shape index (κ3) is 5.13. The maximum absolute atomic E-state index is 12.2. The monoisotopic (exact) mass is 352 g/mol. The number of halogens is 2. The summed E-state index contributed by atoms with van der Waals surface area (Å²) in [4.78, 5) is 14.1. The number of anilines is 1. The molecule has 4 nitrogen and oxygen atoms in total. The summed E-state index contributed by atoms with van der Waals surface area (Å²) in [6.07, 6.45) is 0. The molecule has 1 amide bonds. The van der Waals surface area contributed by atoms with Crippen molar-refractivity contribution >= 4 is 34.8 Å². The first-order valence-corrected chi connectivity index (χ1v) is 7.80. The molecule has 2 aromatic carbocycles. The van der Waals surface area contributed by atoms with Crippen LogP contribution in [0.15, 0.2) is 42.5 Å². The third-order valence-electron chi connectivity index (χ3n) is 3.25. The Morgan fingerprint density at radius 3 is 2.65 bits per heavy atom. The lowest BCUT2D eigenvalue weighted by Crippen LogP contribution is -2.30. The first-order chi connectivity index (χ1) is 11.0. The number of carbonyl (C=O) groups excluding carboxylic acids is 1. The van der Waals surface area contributed by atoms with Gasteiger partial charge in [-0.05, 0) is 36.9 Å². The summed E-state index contributed by atoms with van der Waals surface area (Å²) in [6, 6.07) is 12.7. The van der Waals surface area contributed by atoms with Crippen LogP contribution in [-0.4, -0.2) is 31.5 Å². The van der Waals surface area contributed by atoms with E-state index in [0.717, 1.165) is 5.56 Å². The third-order valence-corrected chi connectivity index (χ3v) is 3.85. The number of hydrogen-bond donors (Lipinski definition) is 1. The summed E-state index contributed by atoms with van der Waals surface area (Å²) in [5.74, 6) is 0.414. The molecule has 0 unspecified atom stereocenters. The summed E-state index contributed by atoms with van der Waals surface area (Å²) in [6.45, 7) is 0.806. The molecule has 0 heterocycles. The molecule has 0 fully saturated rings. The lowest BCUT2D eigenvalue weighted by atomic mass is 10.2. The summed E-state index contributed by atoms with van der Waals surface area (Å²) in [5.41, 5.74) is 1.53. The number of nitrogens with zero attached hydrogens (tertiary/aromatic N) is 1. The van der Waals surface area contributed by atoms with E-state index in [1.807, 2.05) is 36.2 Å². The van der Waals surface area contributed by atoms with Gasteiger partial charge in [-0.3, -0.25) is 9.69 Å². The highest BCUT2D eigenvalue weighted by Gasteiger charge is 2.12. The number of rotatable bonds is 6. The largest absolute Gasteiger partial charge is 0.495 e. The van der Waals surface area contributed by atoms with Gasteiger partial charge in [-0.2, -0.15) is 0 Å². The van der Waals surface area contributed by atoms with E-state index in [9.17, 15) is 4.79 Å². The molecule has 0 saturated carbocycles. The molecular formula is C17H18Cl2N2O2. The Kier molecular flexibility index (Phi) is 6.28. The smallest absolute Gasteiger partial charge is 0.238 e. The molecule has 23 heavy (non-hydrogen) atoms. The van der Waals surface area contributed by atoms with Gasteiger partial charge in [-0.15, -0.1) is 0 Å². The van der Waals surface area contributed by atoms with Crippen molar-refractivity contribution in [2.24, 2.45) is 0 Å². The van der Waals surface area contributed by atoms with Crippen molar-refractivity contribution in [3.63, 3.8) is 0 Å². The average molecular weight is 353 g/mol. The summed E-state index contributed by atoms with van der Waals surface area (Å²) >= 11 is 12.1. The molecule has 6 heteroatoms. The van der Waals surface area contributed by atoms with Crippen LogP contribution in [0.4, 0.5) is 5.69 Å². The van der Waals surface area contributed by atoms with Crippen molar-refractivity contribution in [1.82, 2.24) is 4.90 Å². The molecule has 1 N–H and O–H groups in total. The maximum Gasteiger partial charge on any atom is 0.238 e. The zero-order valence-electron chi connectivity index (χ0n) is 13.0. The number of nitrogens with one attached hydrogen (secondary N) is 1. The predicted molar refractivity (Wildman–Crippen MR) is 94.4 cm³/mol. The van der Waals surface area contributed by atoms with Gasteiger partial charge in [-0.1, -0.05) is 41.4 Å². The molecule has 2 aromatic rings. The molecule has 0 radical (unpaired) electrons. The van der Waals surface area contributed by atoms with Crippen LogP contribution in [0.5, 0.6) is 5.75 Å². The number of hydrogen-bond acceptors (Lipinski definition) is 3. The van der Waals surface area contributed by atoms with Crippen molar-refractivity contribution in [2.45, 2.75) is 6.54 Å². The average Bonchev–Trinajstić information content (AvgIpc) is 2.49. The van der Waals surface area contributed by atoms with E-state index in [0.29, 0.717) is 28.0 Å². The Balaban J connectivity index is 1.97. The van der Waals surface area contributed by atoms with E-state index in [2.05, 4.69) is 5.32 Å². The minimum Gasteiger partial charge on any atom is -0.495 e. The lowest BCUT2D eigenvalue weighted by Gasteiger charge is -2.18. The molecule has 0 atom stereocenters. The minimum absolute atomic E-state index is 0.153. The fourth-order valence-corrected chi connectivity index (χ4v) is 2.55. The first-order valence-electron chi connectivity index (χ1n) is 7.05. The van der Waals surface area contributed by atoms with Crippen molar-refractivity contribution < 1.29 is 9.53 Å². The Morgan fingerprint density at radius 2 is 1.96 bits per heavy atom. The number of methoxy groups -OCH3 is 1. The fraction of sp³-hybridized carbons (Fsp3) is 0.235. The van der Waals surface area contributed by atoms with Gasteiger partial charge in [0.2, 0.25) is 5.91 Å². The van der Waals surface area contributed by atoms with Crippen molar-refractivity contribution in [3.05, 3.63) is 58.1 Å². The van der Waals surface area contributed by atoms with E-state index in [1.165, 1.54) is 0 Å². The fourth-order valence-electron chi connectivity index (χ4n) is 2.19. The van der Waals surface area contributed by atoms with Crippen LogP contribution in [0.1, 0.15) is 5.56 Å². The van der Waals surface area contributed by atoms with E-state index >= 15 is 0 Å². The van der Waals surface area contributed by atoms with Gasteiger partial charge in [0.05, 0.1) is 19.3 Å². The van der Waals surface area contributed by atoms with Gasteiger partial charge < -0.3 is 10.1 Å². The van der Waals surface area contributed by atoms with Crippen LogP contribution in [0.25, 0.3) is 0 Å². The van der Waals surface area contributed by atoms with Crippen LogP contribution < -0.4 is 10.1 Å². The van der Waals surface area contributed by atoms with Crippen LogP contribution >= 0.6 is 23.2 Å². The van der Waals surface area contributed by atoms with Crippen LogP contribution in [0.2, 0.25) is 10.0 Å². The number of amides is 1. The Labute approximate surface area is 146 Å². The van der Waals surface area contributed by atoms with Crippen LogP contribution in [0, 0.1) is 0 Å². The molecule has 0 aromatic heterocycles. The van der Waals surface area contributed by atoms with Gasteiger partial charge in [0.15, 0.2) is 0 Å². The topological polar surface area (TPSA) is 41.6 Å². The number of carbonyl (C=O) groups is 1. The van der Waals surface area contributed by atoms with Gasteiger partial charge in [0.25, 0.3) is 0 Å². The predicted octanol–water partition coefficient (Wildman–Crippen LogP) is 4.07. The molecule has 0 spiro atoms. The van der Waals surface area contributed by atoms with Gasteiger partial charge in [0, 0.05) is 16.6 Å². The minimum atomic E-state index is -0.153. The number of ether oxygens (including phenoxy) is 1. The highest BCUT2D eigenvalue weighted by atomic mass is 35.5. The van der Waals surface area contributed by atoms with Gasteiger partial charge >= 0.3 is 0 Å². The molecule has 0 saturated heterocycles. The summed E-state index contributed by atoms with van der Waals surface area (Å²) in [7, 11) is 3.40. The quantitative estimate of drug-likeness (QED) is 0.851. The Morgan fingerprint density at radius 1 is 1.22 bits per heavy atom. The summed E-state index contributed by atoms with van der Waals surface area (Å²) < 4.78 is 5.21. The van der Waals surface area contributed by atoms with E-state index < -0.39 is 0 Å². The van der Waals surface area contributed by atoms with E-state index in [-0.39, 0.29) is 12.5 Å². The Hall–Kier alpha value is -1.75. The number of likely N-dealkylation sites (N-methyl/N-ethyl adjacent to an activating group) is 1. The zero-order chi connectivity index (χ0) is 16.8. The van der Waals surface area contributed by atoms with E-state index in [1.54, 1.807) is 25.3 Å². The standard InChI is InChI=1S/C17H18Cl2N2O2/c1-21(10-12-5-3-4-6-14(12)19)11-17(22)20-15-9-13(18)7-8-16(15)23-2/h3-9H,10-11H2,1-2H3,(H,20,22). The molecule has 122 valence electrons. The molecule has 0 aliphatic carbocycles. The van der Waals surface area contributed by atoms with Crippen molar-refractivity contribution in [3.8, 4) is 5.75 Å². The molecule has 0 aliphatic rings. The highest BCUT2D eigenvalue weighted by molar-refractivity contribution is 6.31. The van der Waals surface area contributed by atoms with Crippen molar-refractivity contribution in [1.29, 1.82) is 0 Å². The zero-order valence-corrected chi connectivity index (χ0v) is 14.5. The normalized spacial score (nSPS) is 10.7. The van der Waals surface area contributed by atoms with E-state index in [4.69, 9.17) is 27.9 Å². The van der Waals surface area contributed by atoms with Gasteiger partial charge in [0.1, 0.15) is 5.75 Å². The van der Waals surface area contributed by atoms with Crippen molar-refractivity contribution in [2.75, 3.05) is 26.0 Å².